The van der Waals surface area contributed by atoms with E-state index >= 15 is 0 Å². The van der Waals surface area contributed by atoms with E-state index in [0.29, 0.717) is 18.3 Å². The zero-order valence-corrected chi connectivity index (χ0v) is 17.8. The quantitative estimate of drug-likeness (QED) is 0.391. The van der Waals surface area contributed by atoms with Gasteiger partial charge in [0.25, 0.3) is 0 Å². The molecule has 2 aromatic rings. The predicted octanol–water partition coefficient (Wildman–Crippen LogP) is 3.51. The van der Waals surface area contributed by atoms with Gasteiger partial charge in [-0.25, -0.2) is 9.98 Å². The Morgan fingerprint density at radius 2 is 2.21 bits per heavy atom. The Balaban J connectivity index is 1.60. The van der Waals surface area contributed by atoms with Crippen LogP contribution in [0.1, 0.15) is 30.0 Å². The van der Waals surface area contributed by atoms with Crippen LogP contribution in [0.25, 0.3) is 0 Å². The maximum absolute atomic E-state index is 6.18. The molecule has 1 saturated heterocycles. The van der Waals surface area contributed by atoms with Crippen LogP contribution < -0.4 is 15.4 Å². The molecule has 7 heteroatoms. The number of nitrogens with one attached hydrogen (secondary N) is 2. The first-order valence-corrected chi connectivity index (χ1v) is 10.5. The van der Waals surface area contributed by atoms with Crippen LogP contribution in [0, 0.1) is 6.92 Å². The van der Waals surface area contributed by atoms with Crippen molar-refractivity contribution in [2.75, 3.05) is 26.3 Å². The smallest absolute Gasteiger partial charge is 0.191 e. The molecule has 1 aliphatic rings. The van der Waals surface area contributed by atoms with E-state index in [1.807, 2.05) is 12.1 Å². The van der Waals surface area contributed by atoms with Gasteiger partial charge >= 0.3 is 0 Å². The van der Waals surface area contributed by atoms with Crippen molar-refractivity contribution < 1.29 is 9.47 Å². The highest BCUT2D eigenvalue weighted by Crippen LogP contribution is 2.24. The average Bonchev–Trinajstić information content (AvgIpc) is 3.22. The number of hydrogen-bond donors (Lipinski definition) is 2. The van der Waals surface area contributed by atoms with E-state index in [2.05, 4.69) is 47.7 Å². The van der Waals surface area contributed by atoms with Gasteiger partial charge in [-0.15, -0.1) is 0 Å². The molecule has 0 aliphatic carbocycles. The molecule has 2 heterocycles. The molecular formula is C22H29ClN4O2. The SMILES string of the molecule is CCNC(=NCc1ccc(C)cc1OC1CCOC1)NCCc1ccc(Cl)nc1. The Morgan fingerprint density at radius 3 is 2.93 bits per heavy atom. The minimum atomic E-state index is 0.124. The molecule has 6 nitrogen and oxygen atoms in total. The first-order valence-electron chi connectivity index (χ1n) is 10.1. The highest BCUT2D eigenvalue weighted by atomic mass is 35.5. The number of benzene rings is 1. The van der Waals surface area contributed by atoms with Gasteiger partial charge in [0.15, 0.2) is 5.96 Å². The predicted molar refractivity (Wildman–Crippen MR) is 117 cm³/mol. The molecule has 0 amide bonds. The van der Waals surface area contributed by atoms with E-state index in [1.54, 1.807) is 6.20 Å². The van der Waals surface area contributed by atoms with Gasteiger partial charge in [-0.2, -0.15) is 0 Å². The molecule has 1 atom stereocenters. The number of aliphatic imine (C=N–C) groups is 1. The standard InChI is InChI=1S/C22H29ClN4O2/c1-3-24-22(25-10-8-17-5-7-21(23)26-13-17)27-14-18-6-4-16(2)12-20(18)29-19-9-11-28-15-19/h4-7,12-13,19H,3,8-11,14-15H2,1-2H3,(H2,24,25,27). The van der Waals surface area contributed by atoms with E-state index < -0.39 is 0 Å². The average molecular weight is 417 g/mol. The van der Waals surface area contributed by atoms with E-state index in [-0.39, 0.29) is 6.10 Å². The van der Waals surface area contributed by atoms with Crippen LogP contribution in [0.5, 0.6) is 5.75 Å². The molecule has 1 aromatic heterocycles. The highest BCUT2D eigenvalue weighted by Gasteiger charge is 2.18. The number of halogens is 1. The Hall–Kier alpha value is -2.31. The lowest BCUT2D eigenvalue weighted by Gasteiger charge is -2.16. The van der Waals surface area contributed by atoms with Gasteiger partial charge in [-0.1, -0.05) is 29.8 Å². The second kappa shape index (κ2) is 11.0. The number of ether oxygens (including phenoxy) is 2. The molecule has 29 heavy (non-hydrogen) atoms. The molecule has 1 fully saturated rings. The first-order chi connectivity index (χ1) is 14.1. The van der Waals surface area contributed by atoms with Crippen LogP contribution in [0.3, 0.4) is 0 Å². The van der Waals surface area contributed by atoms with Gasteiger partial charge < -0.3 is 20.1 Å². The summed E-state index contributed by atoms with van der Waals surface area (Å²) in [5, 5.41) is 7.18. The van der Waals surface area contributed by atoms with E-state index in [4.69, 9.17) is 26.1 Å². The molecule has 1 aromatic carbocycles. The number of aromatic nitrogens is 1. The zero-order chi connectivity index (χ0) is 20.5. The summed E-state index contributed by atoms with van der Waals surface area (Å²) in [6.45, 7) is 7.64. The summed E-state index contributed by atoms with van der Waals surface area (Å²) in [4.78, 5) is 8.86. The Bertz CT molecular complexity index is 805. The van der Waals surface area contributed by atoms with Crippen molar-refractivity contribution in [2.24, 2.45) is 4.99 Å². The normalized spacial score (nSPS) is 16.7. The van der Waals surface area contributed by atoms with Gasteiger partial charge in [0.05, 0.1) is 19.8 Å². The van der Waals surface area contributed by atoms with E-state index in [9.17, 15) is 0 Å². The van der Waals surface area contributed by atoms with Crippen LogP contribution in [-0.2, 0) is 17.7 Å². The van der Waals surface area contributed by atoms with Crippen LogP contribution in [0.15, 0.2) is 41.5 Å². The number of pyridine rings is 1. The molecular weight excluding hydrogens is 388 g/mol. The second-order valence-electron chi connectivity index (χ2n) is 7.08. The lowest BCUT2D eigenvalue weighted by atomic mass is 10.1. The van der Waals surface area contributed by atoms with Crippen LogP contribution in [0.4, 0.5) is 0 Å². The molecule has 1 unspecified atom stereocenters. The molecule has 3 rings (SSSR count). The third-order valence-corrected chi connectivity index (χ3v) is 4.87. The number of guanidine groups is 1. The first kappa shape index (κ1) is 21.4. The maximum Gasteiger partial charge on any atom is 0.191 e. The Morgan fingerprint density at radius 1 is 1.31 bits per heavy atom. The molecule has 156 valence electrons. The summed E-state index contributed by atoms with van der Waals surface area (Å²) in [5.41, 5.74) is 3.38. The van der Waals surface area contributed by atoms with Gasteiger partial charge in [-0.05, 0) is 43.5 Å². The van der Waals surface area contributed by atoms with Gasteiger partial charge in [0, 0.05) is 31.3 Å². The molecule has 0 bridgehead atoms. The summed E-state index contributed by atoms with van der Waals surface area (Å²) in [6, 6.07) is 10.1. The van der Waals surface area contributed by atoms with Crippen molar-refractivity contribution in [1.82, 2.24) is 15.6 Å². The monoisotopic (exact) mass is 416 g/mol. The third kappa shape index (κ3) is 6.91. The molecule has 0 spiro atoms. The van der Waals surface area contributed by atoms with E-state index in [0.717, 1.165) is 55.4 Å². The van der Waals surface area contributed by atoms with E-state index in [1.165, 1.54) is 5.56 Å². The van der Waals surface area contributed by atoms with Crippen molar-refractivity contribution in [1.29, 1.82) is 0 Å². The lowest BCUT2D eigenvalue weighted by Crippen LogP contribution is -2.38. The van der Waals surface area contributed by atoms with Crippen molar-refractivity contribution in [3.05, 3.63) is 58.4 Å². The van der Waals surface area contributed by atoms with Crippen LogP contribution >= 0.6 is 11.6 Å². The highest BCUT2D eigenvalue weighted by molar-refractivity contribution is 6.29. The van der Waals surface area contributed by atoms with Gasteiger partial charge in [-0.3, -0.25) is 0 Å². The lowest BCUT2D eigenvalue weighted by molar-refractivity contribution is 0.140. The maximum atomic E-state index is 6.18. The fourth-order valence-corrected chi connectivity index (χ4v) is 3.18. The minimum absolute atomic E-state index is 0.124. The summed E-state index contributed by atoms with van der Waals surface area (Å²) < 4.78 is 11.6. The fourth-order valence-electron chi connectivity index (χ4n) is 3.07. The fraction of sp³-hybridized carbons (Fsp3) is 0.455. The summed E-state index contributed by atoms with van der Waals surface area (Å²) >= 11 is 5.84. The topological polar surface area (TPSA) is 67.8 Å². The number of hydrogen-bond acceptors (Lipinski definition) is 4. The number of aryl methyl sites for hydroxylation is 1. The Labute approximate surface area is 177 Å². The number of rotatable bonds is 8. The van der Waals surface area contributed by atoms with Gasteiger partial charge in [0.2, 0.25) is 0 Å². The van der Waals surface area contributed by atoms with Crippen molar-refractivity contribution in [3.8, 4) is 5.75 Å². The third-order valence-electron chi connectivity index (χ3n) is 4.65. The largest absolute Gasteiger partial charge is 0.488 e. The summed E-state index contributed by atoms with van der Waals surface area (Å²) in [7, 11) is 0. The summed E-state index contributed by atoms with van der Waals surface area (Å²) in [6.07, 6.45) is 3.70. The number of nitrogens with zero attached hydrogens (tertiary/aromatic N) is 2. The van der Waals surface area contributed by atoms with Crippen molar-refractivity contribution in [3.63, 3.8) is 0 Å². The molecule has 1 aliphatic heterocycles. The van der Waals surface area contributed by atoms with Gasteiger partial charge in [0.1, 0.15) is 17.0 Å². The molecule has 0 saturated carbocycles. The van der Waals surface area contributed by atoms with Crippen molar-refractivity contribution in [2.45, 2.75) is 39.3 Å². The summed E-state index contributed by atoms with van der Waals surface area (Å²) in [5.74, 6) is 1.68. The second-order valence-corrected chi connectivity index (χ2v) is 7.46. The van der Waals surface area contributed by atoms with Crippen LogP contribution in [0.2, 0.25) is 5.15 Å². The minimum Gasteiger partial charge on any atom is -0.488 e. The van der Waals surface area contributed by atoms with Crippen molar-refractivity contribution >= 4 is 17.6 Å². The Kier molecular flexibility index (Phi) is 8.14. The van der Waals surface area contributed by atoms with Crippen LogP contribution in [-0.4, -0.2) is 43.4 Å². The molecule has 0 radical (unpaired) electrons. The zero-order valence-electron chi connectivity index (χ0n) is 17.1. The molecule has 2 N–H and O–H groups in total.